The molecule has 6 N–H and O–H groups in total. The molecule has 0 unspecified atom stereocenters. The molecule has 24 heavy (non-hydrogen) atoms. The van der Waals surface area contributed by atoms with E-state index in [-0.39, 0.29) is 5.84 Å². The summed E-state index contributed by atoms with van der Waals surface area (Å²) in [4.78, 5) is 8.30. The van der Waals surface area contributed by atoms with Crippen LogP contribution in [0.15, 0.2) is 42.6 Å². The van der Waals surface area contributed by atoms with Gasteiger partial charge in [-0.05, 0) is 43.5 Å². The van der Waals surface area contributed by atoms with Crippen molar-refractivity contribution in [2.24, 2.45) is 5.73 Å². The van der Waals surface area contributed by atoms with Crippen molar-refractivity contribution in [1.29, 1.82) is 5.41 Å². The number of fused-ring (bicyclic) bond motifs is 1. The van der Waals surface area contributed by atoms with Crippen LogP contribution in [0.1, 0.15) is 24.8 Å². The number of anilines is 2. The fourth-order valence-electron chi connectivity index (χ4n) is 2.31. The van der Waals surface area contributed by atoms with E-state index in [1.807, 2.05) is 6.07 Å². The molecule has 0 radical (unpaired) electrons. The molecule has 0 spiro atoms. The van der Waals surface area contributed by atoms with Gasteiger partial charge in [-0.15, -0.1) is 0 Å². The van der Waals surface area contributed by atoms with Gasteiger partial charge in [-0.1, -0.05) is 23.5 Å². The molecule has 4 rings (SSSR count). The normalized spacial score (nSPS) is 13.7. The van der Waals surface area contributed by atoms with Gasteiger partial charge >= 0.3 is 0 Å². The second-order valence-electron chi connectivity index (χ2n) is 5.61. The Morgan fingerprint density at radius 3 is 2.58 bits per heavy atom. The standard InChI is InChI=1S/C11H12N2S.C6H8N4/c1-2-7-10-9(6-1)13-11(14-10)12-8-4-3-5-8;7-5(8)4-2-1-3-10-6(4)9/h1-2,6-8H,3-5H2,(H,12,13);1-3H,(H3,7,8)(H2,9,10). The number of nitrogen functional groups attached to an aromatic ring is 2. The molecular weight excluding hydrogens is 320 g/mol. The predicted molar refractivity (Wildman–Crippen MR) is 101 cm³/mol. The summed E-state index contributed by atoms with van der Waals surface area (Å²) in [5.41, 5.74) is 12.2. The van der Waals surface area contributed by atoms with Crippen molar-refractivity contribution in [1.82, 2.24) is 9.97 Å². The van der Waals surface area contributed by atoms with Crippen LogP contribution >= 0.6 is 11.3 Å². The van der Waals surface area contributed by atoms with Crippen LogP contribution < -0.4 is 16.8 Å². The maximum atomic E-state index is 7.03. The van der Waals surface area contributed by atoms with Crippen LogP contribution in [-0.2, 0) is 0 Å². The van der Waals surface area contributed by atoms with Crippen molar-refractivity contribution in [2.45, 2.75) is 25.3 Å². The Kier molecular flexibility index (Phi) is 4.90. The lowest BCUT2D eigenvalue weighted by Crippen LogP contribution is -2.26. The SMILES string of the molecule is N=C(N)c1cccnc1N.c1ccc2sc(NC3CCC3)nc2c1. The first-order valence-electron chi connectivity index (χ1n) is 7.80. The number of aromatic nitrogens is 2. The molecule has 2 aromatic heterocycles. The van der Waals surface area contributed by atoms with Gasteiger partial charge in [0.15, 0.2) is 5.13 Å². The minimum absolute atomic E-state index is 0.0504. The first-order chi connectivity index (χ1) is 11.6. The Morgan fingerprint density at radius 2 is 2.00 bits per heavy atom. The molecule has 0 atom stereocenters. The molecule has 6 nitrogen and oxygen atoms in total. The molecule has 0 saturated heterocycles. The molecule has 7 heteroatoms. The average molecular weight is 340 g/mol. The molecule has 0 bridgehead atoms. The van der Waals surface area contributed by atoms with Crippen LogP contribution in [0.4, 0.5) is 10.9 Å². The highest BCUT2D eigenvalue weighted by Crippen LogP contribution is 2.29. The Bertz CT molecular complexity index is 807. The molecule has 3 aromatic rings. The van der Waals surface area contributed by atoms with Crippen LogP contribution in [0.5, 0.6) is 0 Å². The van der Waals surface area contributed by atoms with Crippen LogP contribution in [0.25, 0.3) is 10.2 Å². The average Bonchev–Trinajstić information content (AvgIpc) is 2.94. The van der Waals surface area contributed by atoms with Gasteiger partial charge in [-0.3, -0.25) is 5.41 Å². The Labute approximate surface area is 144 Å². The summed E-state index contributed by atoms with van der Waals surface area (Å²) in [6.07, 6.45) is 5.52. The van der Waals surface area contributed by atoms with Gasteiger partial charge in [-0.25, -0.2) is 9.97 Å². The van der Waals surface area contributed by atoms with E-state index in [9.17, 15) is 0 Å². The smallest absolute Gasteiger partial charge is 0.184 e. The zero-order chi connectivity index (χ0) is 16.9. The van der Waals surface area contributed by atoms with Gasteiger partial charge in [0.05, 0.1) is 15.8 Å². The maximum absolute atomic E-state index is 7.03. The molecule has 124 valence electrons. The fraction of sp³-hybridized carbons (Fsp3) is 0.235. The van der Waals surface area contributed by atoms with Gasteiger partial charge in [0.25, 0.3) is 0 Å². The van der Waals surface area contributed by atoms with Crippen molar-refractivity contribution < 1.29 is 0 Å². The minimum Gasteiger partial charge on any atom is -0.384 e. The second-order valence-corrected chi connectivity index (χ2v) is 6.64. The fourth-order valence-corrected chi connectivity index (χ4v) is 3.25. The summed E-state index contributed by atoms with van der Waals surface area (Å²) in [6.45, 7) is 0. The van der Waals surface area contributed by atoms with E-state index in [1.54, 1.807) is 29.7 Å². The molecule has 2 heterocycles. The van der Waals surface area contributed by atoms with Gasteiger partial charge < -0.3 is 16.8 Å². The third-order valence-corrected chi connectivity index (χ3v) is 4.82. The molecule has 0 amide bonds. The number of thiazole rings is 1. The molecule has 1 aliphatic rings. The number of pyridine rings is 1. The number of nitrogens with two attached hydrogens (primary N) is 2. The van der Waals surface area contributed by atoms with E-state index in [0.29, 0.717) is 17.4 Å². The monoisotopic (exact) mass is 340 g/mol. The predicted octanol–water partition coefficient (Wildman–Crippen LogP) is 3.21. The van der Waals surface area contributed by atoms with Crippen LogP contribution in [-0.4, -0.2) is 21.8 Å². The molecule has 1 aromatic carbocycles. The van der Waals surface area contributed by atoms with E-state index < -0.39 is 0 Å². The summed E-state index contributed by atoms with van der Waals surface area (Å²) in [7, 11) is 0. The quantitative estimate of drug-likeness (QED) is 0.432. The van der Waals surface area contributed by atoms with E-state index in [2.05, 4.69) is 33.5 Å². The highest BCUT2D eigenvalue weighted by Gasteiger charge is 2.18. The Balaban J connectivity index is 0.000000150. The first kappa shape index (κ1) is 16.2. The Morgan fingerprint density at radius 1 is 1.21 bits per heavy atom. The van der Waals surface area contributed by atoms with Gasteiger partial charge in [0.1, 0.15) is 11.7 Å². The Hall–Kier alpha value is -2.67. The number of benzene rings is 1. The number of nitrogens with zero attached hydrogens (tertiary/aromatic N) is 2. The van der Waals surface area contributed by atoms with Crippen LogP contribution in [0.3, 0.4) is 0 Å². The number of para-hydroxylation sites is 1. The molecule has 1 saturated carbocycles. The van der Waals surface area contributed by atoms with E-state index in [4.69, 9.17) is 16.9 Å². The van der Waals surface area contributed by atoms with E-state index in [1.165, 1.54) is 24.0 Å². The van der Waals surface area contributed by atoms with Crippen molar-refractivity contribution in [2.75, 3.05) is 11.1 Å². The minimum atomic E-state index is -0.0504. The number of hydrogen-bond acceptors (Lipinski definition) is 6. The summed E-state index contributed by atoms with van der Waals surface area (Å²) in [5, 5.41) is 11.6. The lowest BCUT2D eigenvalue weighted by atomic mass is 9.93. The van der Waals surface area contributed by atoms with E-state index in [0.717, 1.165) is 10.6 Å². The summed E-state index contributed by atoms with van der Waals surface area (Å²) in [6, 6.07) is 12.3. The third-order valence-electron chi connectivity index (χ3n) is 3.86. The molecular formula is C17H20N6S. The highest BCUT2D eigenvalue weighted by atomic mass is 32.1. The number of amidine groups is 1. The lowest BCUT2D eigenvalue weighted by Gasteiger charge is -2.25. The summed E-state index contributed by atoms with van der Waals surface area (Å²) < 4.78 is 1.27. The molecule has 1 aliphatic carbocycles. The largest absolute Gasteiger partial charge is 0.384 e. The van der Waals surface area contributed by atoms with Crippen LogP contribution in [0, 0.1) is 5.41 Å². The summed E-state index contributed by atoms with van der Waals surface area (Å²) in [5.74, 6) is 0.251. The van der Waals surface area contributed by atoms with E-state index >= 15 is 0 Å². The molecule has 0 aliphatic heterocycles. The number of nitrogens with one attached hydrogen (secondary N) is 2. The number of hydrogen-bond donors (Lipinski definition) is 4. The van der Waals surface area contributed by atoms with Crippen molar-refractivity contribution in [3.05, 3.63) is 48.2 Å². The van der Waals surface area contributed by atoms with Crippen LogP contribution in [0.2, 0.25) is 0 Å². The highest BCUT2D eigenvalue weighted by molar-refractivity contribution is 7.22. The van der Waals surface area contributed by atoms with Crippen molar-refractivity contribution >= 4 is 38.3 Å². The topological polar surface area (TPSA) is 114 Å². The maximum Gasteiger partial charge on any atom is 0.184 e. The number of rotatable bonds is 3. The second kappa shape index (κ2) is 7.27. The zero-order valence-corrected chi connectivity index (χ0v) is 14.0. The lowest BCUT2D eigenvalue weighted by molar-refractivity contribution is 0.445. The zero-order valence-electron chi connectivity index (χ0n) is 13.2. The van der Waals surface area contributed by atoms with Crippen molar-refractivity contribution in [3.8, 4) is 0 Å². The van der Waals surface area contributed by atoms with Gasteiger partial charge in [0, 0.05) is 12.2 Å². The third kappa shape index (κ3) is 3.80. The molecule has 1 fully saturated rings. The first-order valence-corrected chi connectivity index (χ1v) is 8.62. The van der Waals surface area contributed by atoms with Gasteiger partial charge in [0.2, 0.25) is 0 Å². The summed E-state index contributed by atoms with van der Waals surface area (Å²) >= 11 is 1.75. The van der Waals surface area contributed by atoms with Gasteiger partial charge in [-0.2, -0.15) is 0 Å². The van der Waals surface area contributed by atoms with Crippen molar-refractivity contribution in [3.63, 3.8) is 0 Å².